The van der Waals surface area contributed by atoms with Gasteiger partial charge >= 0.3 is 0 Å². The molecule has 0 aromatic heterocycles. The van der Waals surface area contributed by atoms with Crippen molar-refractivity contribution < 1.29 is 14.6 Å². The van der Waals surface area contributed by atoms with E-state index in [4.69, 9.17) is 4.74 Å². The molecular weight excluding hydrogens is 354 g/mol. The van der Waals surface area contributed by atoms with Gasteiger partial charge in [0.1, 0.15) is 5.75 Å². The smallest absolute Gasteiger partial charge is 0.253 e. The van der Waals surface area contributed by atoms with Gasteiger partial charge < -0.3 is 20.1 Å². The zero-order valence-electron chi connectivity index (χ0n) is 16.4. The van der Waals surface area contributed by atoms with Gasteiger partial charge in [-0.05, 0) is 30.7 Å². The summed E-state index contributed by atoms with van der Waals surface area (Å²) in [5, 5.41) is 12.9. The highest BCUT2D eigenvalue weighted by atomic mass is 16.5. The van der Waals surface area contributed by atoms with Crippen molar-refractivity contribution in [1.82, 2.24) is 10.2 Å². The van der Waals surface area contributed by atoms with Gasteiger partial charge in [-0.1, -0.05) is 42.5 Å². The number of carbonyl (C=O) groups excluding carboxylic acids is 1. The monoisotopic (exact) mass is 383 g/mol. The van der Waals surface area contributed by atoms with Crippen molar-refractivity contribution in [2.75, 3.05) is 51.3 Å². The zero-order chi connectivity index (χ0) is 19.8. The fraction of sp³-hybridized carbons (Fsp3) is 0.409. The summed E-state index contributed by atoms with van der Waals surface area (Å²) in [5.41, 5.74) is 1.76. The number of nitrogens with one attached hydrogen (secondary N) is 1. The van der Waals surface area contributed by atoms with Crippen molar-refractivity contribution in [2.45, 2.75) is 12.5 Å². The van der Waals surface area contributed by atoms with Gasteiger partial charge in [0.2, 0.25) is 0 Å². The molecule has 1 fully saturated rings. The minimum atomic E-state index is -1.11. The molecule has 2 aromatic rings. The Morgan fingerprint density at radius 1 is 1.07 bits per heavy atom. The Hall–Kier alpha value is -2.57. The summed E-state index contributed by atoms with van der Waals surface area (Å²) >= 11 is 0. The maximum Gasteiger partial charge on any atom is 0.253 e. The molecule has 0 aliphatic carbocycles. The molecule has 0 radical (unpaired) electrons. The van der Waals surface area contributed by atoms with Crippen LogP contribution in [0.25, 0.3) is 0 Å². The van der Waals surface area contributed by atoms with Crippen molar-refractivity contribution >= 4 is 11.6 Å². The van der Waals surface area contributed by atoms with E-state index in [1.165, 1.54) is 0 Å². The van der Waals surface area contributed by atoms with E-state index in [1.54, 1.807) is 19.2 Å². The number of amides is 1. The topological polar surface area (TPSA) is 65.0 Å². The Labute approximate surface area is 166 Å². The van der Waals surface area contributed by atoms with Crippen molar-refractivity contribution in [3.05, 3.63) is 60.2 Å². The third kappa shape index (κ3) is 5.24. The van der Waals surface area contributed by atoms with Gasteiger partial charge in [-0.2, -0.15) is 0 Å². The third-order valence-electron chi connectivity index (χ3n) is 5.11. The second kappa shape index (κ2) is 10.1. The summed E-state index contributed by atoms with van der Waals surface area (Å²) in [6.07, 6.45) is -0.243. The van der Waals surface area contributed by atoms with Crippen molar-refractivity contribution in [1.29, 1.82) is 0 Å². The number of piperazine rings is 1. The quantitative estimate of drug-likeness (QED) is 0.683. The predicted octanol–water partition coefficient (Wildman–Crippen LogP) is 2.06. The van der Waals surface area contributed by atoms with Crippen LogP contribution in [0, 0.1) is 0 Å². The number of para-hydroxylation sites is 2. The van der Waals surface area contributed by atoms with Crippen LogP contribution in [0.15, 0.2) is 54.6 Å². The second-order valence-corrected chi connectivity index (χ2v) is 6.96. The summed E-state index contributed by atoms with van der Waals surface area (Å²) in [6.45, 7) is 5.38. The Morgan fingerprint density at radius 2 is 1.75 bits per heavy atom. The van der Waals surface area contributed by atoms with Crippen LogP contribution in [-0.2, 0) is 4.79 Å². The molecule has 1 unspecified atom stereocenters. The molecule has 1 amide bonds. The number of aliphatic hydroxyl groups is 1. The molecule has 1 aliphatic heterocycles. The van der Waals surface area contributed by atoms with E-state index in [-0.39, 0.29) is 5.91 Å². The Balaban J connectivity index is 1.36. The molecule has 0 bridgehead atoms. The Bertz CT molecular complexity index is 746. The normalized spacial score (nSPS) is 15.9. The minimum Gasteiger partial charge on any atom is -0.495 e. The molecule has 28 heavy (non-hydrogen) atoms. The zero-order valence-corrected chi connectivity index (χ0v) is 16.4. The van der Waals surface area contributed by atoms with Crippen molar-refractivity contribution in [3.63, 3.8) is 0 Å². The molecule has 1 aliphatic rings. The van der Waals surface area contributed by atoms with Crippen molar-refractivity contribution in [2.24, 2.45) is 0 Å². The molecule has 6 heteroatoms. The Morgan fingerprint density at radius 3 is 2.46 bits per heavy atom. The maximum absolute atomic E-state index is 12.1. The highest BCUT2D eigenvalue weighted by molar-refractivity contribution is 5.81. The van der Waals surface area contributed by atoms with E-state index in [1.807, 2.05) is 36.4 Å². The molecule has 1 atom stereocenters. The summed E-state index contributed by atoms with van der Waals surface area (Å²) in [5.74, 6) is 0.572. The molecule has 0 saturated carbocycles. The number of nitrogens with zero attached hydrogens (tertiary/aromatic N) is 2. The van der Waals surface area contributed by atoms with Crippen LogP contribution in [0.4, 0.5) is 5.69 Å². The molecule has 0 spiro atoms. The number of rotatable bonds is 8. The number of hydrogen-bond donors (Lipinski definition) is 2. The van der Waals surface area contributed by atoms with Crippen LogP contribution in [-0.4, -0.2) is 62.3 Å². The lowest BCUT2D eigenvalue weighted by Crippen LogP contribution is -2.47. The largest absolute Gasteiger partial charge is 0.495 e. The van der Waals surface area contributed by atoms with E-state index < -0.39 is 6.10 Å². The lowest BCUT2D eigenvalue weighted by atomic mass is 10.1. The van der Waals surface area contributed by atoms with Crippen LogP contribution in [0.2, 0.25) is 0 Å². The van der Waals surface area contributed by atoms with Crippen LogP contribution >= 0.6 is 0 Å². The van der Waals surface area contributed by atoms with E-state index in [0.717, 1.165) is 50.6 Å². The molecule has 2 aromatic carbocycles. The Kier molecular flexibility index (Phi) is 7.28. The number of benzene rings is 2. The average molecular weight is 383 g/mol. The van der Waals surface area contributed by atoms with Crippen LogP contribution in [0.5, 0.6) is 5.75 Å². The molecule has 1 heterocycles. The highest BCUT2D eigenvalue weighted by Gasteiger charge is 2.20. The van der Waals surface area contributed by atoms with E-state index in [2.05, 4.69) is 21.2 Å². The average Bonchev–Trinajstić information content (AvgIpc) is 2.77. The molecule has 1 saturated heterocycles. The van der Waals surface area contributed by atoms with Gasteiger partial charge in [0.15, 0.2) is 6.10 Å². The summed E-state index contributed by atoms with van der Waals surface area (Å²) in [7, 11) is 1.71. The van der Waals surface area contributed by atoms with Gasteiger partial charge in [-0.25, -0.2) is 0 Å². The molecule has 2 N–H and O–H groups in total. The first kappa shape index (κ1) is 20.2. The van der Waals surface area contributed by atoms with Gasteiger partial charge in [0.05, 0.1) is 12.8 Å². The van der Waals surface area contributed by atoms with Crippen molar-refractivity contribution in [3.8, 4) is 5.75 Å². The number of aliphatic hydroxyl groups excluding tert-OH is 1. The standard InChI is InChI=1S/C22H29N3O3/c1-28-20-11-6-5-10-19(20)25-16-14-24(15-17-25)13-7-12-23-22(27)21(26)18-8-3-2-4-9-18/h2-6,8-11,21,26H,7,12-17H2,1H3,(H,23,27). The summed E-state index contributed by atoms with van der Waals surface area (Å²) < 4.78 is 5.46. The third-order valence-corrected chi connectivity index (χ3v) is 5.11. The SMILES string of the molecule is COc1ccccc1N1CCN(CCCNC(=O)C(O)c2ccccc2)CC1. The first-order valence-corrected chi connectivity index (χ1v) is 9.80. The molecule has 150 valence electrons. The predicted molar refractivity (Wildman–Crippen MR) is 111 cm³/mol. The van der Waals surface area contributed by atoms with Gasteiger partial charge in [0, 0.05) is 32.7 Å². The number of hydrogen-bond acceptors (Lipinski definition) is 5. The van der Waals surface area contributed by atoms with E-state index in [9.17, 15) is 9.90 Å². The fourth-order valence-electron chi connectivity index (χ4n) is 3.50. The maximum atomic E-state index is 12.1. The molecular formula is C22H29N3O3. The lowest BCUT2D eigenvalue weighted by molar-refractivity contribution is -0.129. The molecule has 6 nitrogen and oxygen atoms in total. The number of carbonyl (C=O) groups is 1. The summed E-state index contributed by atoms with van der Waals surface area (Å²) in [4.78, 5) is 16.8. The highest BCUT2D eigenvalue weighted by Crippen LogP contribution is 2.28. The van der Waals surface area contributed by atoms with Crippen LogP contribution < -0.4 is 15.0 Å². The van der Waals surface area contributed by atoms with Gasteiger partial charge in [-0.3, -0.25) is 9.69 Å². The lowest BCUT2D eigenvalue weighted by Gasteiger charge is -2.36. The number of anilines is 1. The number of methoxy groups -OCH3 is 1. The van der Waals surface area contributed by atoms with Gasteiger partial charge in [0.25, 0.3) is 5.91 Å². The fourth-order valence-corrected chi connectivity index (χ4v) is 3.50. The van der Waals surface area contributed by atoms with Crippen LogP contribution in [0.3, 0.4) is 0 Å². The number of ether oxygens (including phenoxy) is 1. The van der Waals surface area contributed by atoms with E-state index >= 15 is 0 Å². The van der Waals surface area contributed by atoms with Crippen LogP contribution in [0.1, 0.15) is 18.1 Å². The molecule has 3 rings (SSSR count). The van der Waals surface area contributed by atoms with E-state index in [0.29, 0.717) is 12.1 Å². The minimum absolute atomic E-state index is 0.341. The first-order valence-electron chi connectivity index (χ1n) is 9.80. The first-order chi connectivity index (χ1) is 13.7. The summed E-state index contributed by atoms with van der Waals surface area (Å²) in [6, 6.07) is 17.1. The van der Waals surface area contributed by atoms with Gasteiger partial charge in [-0.15, -0.1) is 0 Å². The second-order valence-electron chi connectivity index (χ2n) is 6.96.